The molecule has 1 heterocycles. The minimum absolute atomic E-state index is 0.284. The van der Waals surface area contributed by atoms with Crippen LogP contribution in [0.4, 0.5) is 0 Å². The number of hydrogen-bond donors (Lipinski definition) is 2. The summed E-state index contributed by atoms with van der Waals surface area (Å²) in [5.41, 5.74) is 5.25. The maximum Gasteiger partial charge on any atom is 0.167 e. The minimum atomic E-state index is 0.284. The van der Waals surface area contributed by atoms with Gasteiger partial charge >= 0.3 is 0 Å². The summed E-state index contributed by atoms with van der Waals surface area (Å²) in [6.45, 7) is 0. The molecule has 0 aliphatic carbocycles. The van der Waals surface area contributed by atoms with Crippen molar-refractivity contribution in [2.24, 2.45) is 12.8 Å². The Bertz CT molecular complexity index is 295. The van der Waals surface area contributed by atoms with Gasteiger partial charge in [0.1, 0.15) is 0 Å². The van der Waals surface area contributed by atoms with Gasteiger partial charge in [-0.2, -0.15) is 0 Å². The fourth-order valence-corrected chi connectivity index (χ4v) is 2.00. The van der Waals surface area contributed by atoms with Gasteiger partial charge in [0.05, 0.1) is 5.84 Å². The van der Waals surface area contributed by atoms with Crippen molar-refractivity contribution in [3.63, 3.8) is 0 Å². The molecule has 0 saturated carbocycles. The molecule has 0 unspecified atom stereocenters. The number of hydrogen-bond acceptors (Lipinski definition) is 3. The molecule has 3 N–H and O–H groups in total. The number of rotatable bonds is 6. The topological polar surface area (TPSA) is 67.7 Å². The van der Waals surface area contributed by atoms with E-state index >= 15 is 0 Å². The van der Waals surface area contributed by atoms with Crippen LogP contribution in [-0.2, 0) is 7.05 Å². The largest absolute Gasteiger partial charge is 0.388 e. The Labute approximate surface area is 88.4 Å². The Balaban J connectivity index is 2.10. The van der Waals surface area contributed by atoms with Gasteiger partial charge in [0.15, 0.2) is 5.16 Å². The van der Waals surface area contributed by atoms with Gasteiger partial charge in [-0.25, -0.2) is 4.98 Å². The third-order valence-electron chi connectivity index (χ3n) is 1.85. The van der Waals surface area contributed by atoms with E-state index in [9.17, 15) is 0 Å². The van der Waals surface area contributed by atoms with Crippen molar-refractivity contribution in [2.45, 2.75) is 24.4 Å². The number of aryl methyl sites for hydroxylation is 1. The molecule has 4 nitrogen and oxygen atoms in total. The number of aromatic nitrogens is 2. The van der Waals surface area contributed by atoms with Crippen LogP contribution in [0.15, 0.2) is 17.6 Å². The molecule has 0 aromatic carbocycles. The number of amidine groups is 1. The zero-order chi connectivity index (χ0) is 10.4. The molecule has 0 spiro atoms. The number of nitrogens with one attached hydrogen (secondary N) is 1. The van der Waals surface area contributed by atoms with Gasteiger partial charge in [-0.05, 0) is 12.8 Å². The van der Waals surface area contributed by atoms with Crippen LogP contribution in [0.2, 0.25) is 0 Å². The van der Waals surface area contributed by atoms with Crippen molar-refractivity contribution in [3.8, 4) is 0 Å². The zero-order valence-corrected chi connectivity index (χ0v) is 9.18. The van der Waals surface area contributed by atoms with Crippen LogP contribution >= 0.6 is 11.8 Å². The van der Waals surface area contributed by atoms with E-state index in [2.05, 4.69) is 4.98 Å². The molecule has 5 heteroatoms. The predicted molar refractivity (Wildman–Crippen MR) is 59.7 cm³/mol. The maximum absolute atomic E-state index is 7.06. The predicted octanol–water partition coefficient (Wildman–Crippen LogP) is 1.62. The highest BCUT2D eigenvalue weighted by molar-refractivity contribution is 7.99. The Morgan fingerprint density at radius 1 is 1.64 bits per heavy atom. The van der Waals surface area contributed by atoms with Gasteiger partial charge in [-0.1, -0.05) is 11.8 Å². The second-order valence-corrected chi connectivity index (χ2v) is 4.21. The van der Waals surface area contributed by atoms with Crippen molar-refractivity contribution in [2.75, 3.05) is 5.75 Å². The molecule has 0 aliphatic heterocycles. The van der Waals surface area contributed by atoms with E-state index in [4.69, 9.17) is 11.1 Å². The summed E-state index contributed by atoms with van der Waals surface area (Å²) in [6, 6.07) is 0. The quantitative estimate of drug-likeness (QED) is 0.326. The van der Waals surface area contributed by atoms with Crippen molar-refractivity contribution < 1.29 is 0 Å². The lowest BCUT2D eigenvalue weighted by atomic mass is 10.2. The fourth-order valence-electron chi connectivity index (χ4n) is 1.07. The van der Waals surface area contributed by atoms with Gasteiger partial charge in [0.2, 0.25) is 0 Å². The van der Waals surface area contributed by atoms with E-state index < -0.39 is 0 Å². The van der Waals surface area contributed by atoms with Gasteiger partial charge in [-0.15, -0.1) is 0 Å². The van der Waals surface area contributed by atoms with Crippen LogP contribution in [-0.4, -0.2) is 21.1 Å². The second-order valence-electron chi connectivity index (χ2n) is 3.15. The van der Waals surface area contributed by atoms with Crippen LogP contribution in [0, 0.1) is 5.41 Å². The summed E-state index contributed by atoms with van der Waals surface area (Å²) >= 11 is 1.75. The first-order chi connectivity index (χ1) is 6.70. The normalized spacial score (nSPS) is 10.4. The molecule has 14 heavy (non-hydrogen) atoms. The summed E-state index contributed by atoms with van der Waals surface area (Å²) in [5.74, 6) is 1.32. The number of nitrogens with zero attached hydrogens (tertiary/aromatic N) is 2. The van der Waals surface area contributed by atoms with Crippen LogP contribution in [0.5, 0.6) is 0 Å². The highest BCUT2D eigenvalue weighted by Gasteiger charge is 1.99. The molecule has 0 radical (unpaired) electrons. The average molecular weight is 212 g/mol. The van der Waals surface area contributed by atoms with Gasteiger partial charge in [0, 0.05) is 31.6 Å². The summed E-state index contributed by atoms with van der Waals surface area (Å²) in [5, 5.41) is 8.11. The Hall–Kier alpha value is -0.970. The fraction of sp³-hybridized carbons (Fsp3) is 0.556. The lowest BCUT2D eigenvalue weighted by Crippen LogP contribution is -2.08. The molecule has 78 valence electrons. The van der Waals surface area contributed by atoms with Crippen molar-refractivity contribution in [1.82, 2.24) is 9.55 Å². The Morgan fingerprint density at radius 3 is 3.00 bits per heavy atom. The van der Waals surface area contributed by atoms with E-state index in [1.54, 1.807) is 18.0 Å². The molecule has 0 atom stereocenters. The van der Waals surface area contributed by atoms with Gasteiger partial charge in [-0.3, -0.25) is 5.41 Å². The van der Waals surface area contributed by atoms with Crippen molar-refractivity contribution in [3.05, 3.63) is 12.4 Å². The molecule has 1 aromatic rings. The van der Waals surface area contributed by atoms with E-state index in [-0.39, 0.29) is 5.84 Å². The van der Waals surface area contributed by atoms with E-state index in [1.807, 2.05) is 17.8 Å². The highest BCUT2D eigenvalue weighted by atomic mass is 32.2. The van der Waals surface area contributed by atoms with Crippen molar-refractivity contribution >= 4 is 17.6 Å². The monoisotopic (exact) mass is 212 g/mol. The summed E-state index contributed by atoms with van der Waals surface area (Å²) in [4.78, 5) is 4.21. The second kappa shape index (κ2) is 5.70. The number of imidazole rings is 1. The number of unbranched alkanes of at least 4 members (excludes halogenated alkanes) is 1. The summed E-state index contributed by atoms with van der Waals surface area (Å²) < 4.78 is 2.01. The molecule has 1 rings (SSSR count). The Morgan fingerprint density at radius 2 is 2.43 bits per heavy atom. The molecule has 0 aliphatic rings. The Kier molecular flexibility index (Phi) is 4.52. The SMILES string of the molecule is Cn1ccnc1SCCCCC(=N)N. The third-order valence-corrected chi connectivity index (χ3v) is 2.99. The first-order valence-electron chi connectivity index (χ1n) is 4.63. The number of thioether (sulfide) groups is 1. The molecule has 0 fully saturated rings. The highest BCUT2D eigenvalue weighted by Crippen LogP contribution is 2.16. The van der Waals surface area contributed by atoms with Crippen LogP contribution in [0.25, 0.3) is 0 Å². The standard InChI is InChI=1S/C9H16N4S/c1-13-6-5-12-9(13)14-7-3-2-4-8(10)11/h5-6H,2-4,7H2,1H3,(H3,10,11). The summed E-state index contributed by atoms with van der Waals surface area (Å²) in [6.07, 6.45) is 6.53. The molecule has 0 amide bonds. The molecule has 0 saturated heterocycles. The maximum atomic E-state index is 7.06. The molecular formula is C9H16N4S. The first kappa shape index (κ1) is 11.1. The molecular weight excluding hydrogens is 196 g/mol. The third kappa shape index (κ3) is 3.83. The van der Waals surface area contributed by atoms with Gasteiger partial charge < -0.3 is 10.3 Å². The lowest BCUT2D eigenvalue weighted by molar-refractivity contribution is 0.783. The van der Waals surface area contributed by atoms with E-state index in [0.717, 1.165) is 23.8 Å². The zero-order valence-electron chi connectivity index (χ0n) is 8.36. The summed E-state index contributed by atoms with van der Waals surface area (Å²) in [7, 11) is 1.99. The molecule has 1 aromatic heterocycles. The van der Waals surface area contributed by atoms with E-state index in [1.165, 1.54) is 0 Å². The average Bonchev–Trinajstić information content (AvgIpc) is 2.51. The minimum Gasteiger partial charge on any atom is -0.388 e. The van der Waals surface area contributed by atoms with Gasteiger partial charge in [0.25, 0.3) is 0 Å². The number of nitrogens with two attached hydrogens (primary N) is 1. The van der Waals surface area contributed by atoms with Crippen molar-refractivity contribution in [1.29, 1.82) is 5.41 Å². The smallest absolute Gasteiger partial charge is 0.167 e. The van der Waals surface area contributed by atoms with Crippen LogP contribution in [0.3, 0.4) is 0 Å². The first-order valence-corrected chi connectivity index (χ1v) is 5.61. The van der Waals surface area contributed by atoms with E-state index in [0.29, 0.717) is 6.42 Å². The lowest BCUT2D eigenvalue weighted by Gasteiger charge is -2.01. The van der Waals surface area contributed by atoms with Crippen LogP contribution < -0.4 is 5.73 Å². The molecule has 0 bridgehead atoms. The van der Waals surface area contributed by atoms with Crippen LogP contribution in [0.1, 0.15) is 19.3 Å².